The van der Waals surface area contributed by atoms with Crippen molar-refractivity contribution in [2.45, 2.75) is 31.8 Å². The molecule has 0 heterocycles. The Labute approximate surface area is 159 Å². The van der Waals surface area contributed by atoms with Crippen LogP contribution < -0.4 is 5.32 Å². The summed E-state index contributed by atoms with van der Waals surface area (Å²) in [6.45, 7) is 1.69. The van der Waals surface area contributed by atoms with E-state index in [1.807, 2.05) is 0 Å². The predicted octanol–water partition coefficient (Wildman–Crippen LogP) is 2.68. The second-order valence-electron chi connectivity index (χ2n) is 5.36. The van der Waals surface area contributed by atoms with Crippen molar-refractivity contribution in [1.82, 2.24) is 0 Å². The van der Waals surface area contributed by atoms with Gasteiger partial charge in [-0.2, -0.15) is 26.3 Å². The zero-order chi connectivity index (χ0) is 22.6. The third kappa shape index (κ3) is 5.16. The lowest BCUT2D eigenvalue weighted by atomic mass is 9.89. The highest BCUT2D eigenvalue weighted by Gasteiger charge is 2.63. The quantitative estimate of drug-likeness (QED) is 0.531. The van der Waals surface area contributed by atoms with Gasteiger partial charge in [-0.25, -0.2) is 9.59 Å². The Morgan fingerprint density at radius 1 is 1.00 bits per heavy atom. The molecular formula is C16H15F6NO6. The number of alkyl halides is 6. The molecule has 1 unspecified atom stereocenters. The van der Waals surface area contributed by atoms with Crippen LogP contribution in [-0.4, -0.2) is 48.5 Å². The minimum Gasteiger partial charge on any atom is -0.463 e. The summed E-state index contributed by atoms with van der Waals surface area (Å²) in [7, 11) is 0. The van der Waals surface area contributed by atoms with Gasteiger partial charge in [0, 0.05) is 11.3 Å². The van der Waals surface area contributed by atoms with Crippen LogP contribution in [0.5, 0.6) is 0 Å². The van der Waals surface area contributed by atoms with E-state index in [0.29, 0.717) is 6.07 Å². The van der Waals surface area contributed by atoms with Gasteiger partial charge in [0.2, 0.25) is 0 Å². The number of amides is 1. The third-order valence-corrected chi connectivity index (χ3v) is 3.41. The SMILES string of the molecule is CCOC(=O)c1ccc(NC(=O)C(F)(F)F)c(C(O)(C(=O)OCC)C(F)(F)F)c1. The Balaban J connectivity index is 3.73. The topological polar surface area (TPSA) is 102 Å². The molecular weight excluding hydrogens is 416 g/mol. The van der Waals surface area contributed by atoms with E-state index < -0.39 is 59.2 Å². The molecule has 2 N–H and O–H groups in total. The minimum absolute atomic E-state index is 0.192. The van der Waals surface area contributed by atoms with Crippen LogP contribution >= 0.6 is 0 Å². The van der Waals surface area contributed by atoms with Crippen molar-refractivity contribution in [3.63, 3.8) is 0 Å². The van der Waals surface area contributed by atoms with Crippen LogP contribution in [-0.2, 0) is 24.7 Å². The van der Waals surface area contributed by atoms with Crippen LogP contribution in [0.3, 0.4) is 0 Å². The van der Waals surface area contributed by atoms with Crippen LogP contribution in [0.2, 0.25) is 0 Å². The van der Waals surface area contributed by atoms with Gasteiger partial charge in [-0.15, -0.1) is 0 Å². The summed E-state index contributed by atoms with van der Waals surface area (Å²) in [5, 5.41) is 11.3. The van der Waals surface area contributed by atoms with Crippen LogP contribution in [0.4, 0.5) is 32.0 Å². The van der Waals surface area contributed by atoms with Gasteiger partial charge in [0.25, 0.3) is 5.60 Å². The first-order chi connectivity index (χ1) is 13.2. The van der Waals surface area contributed by atoms with Crippen molar-refractivity contribution in [3.05, 3.63) is 29.3 Å². The van der Waals surface area contributed by atoms with Crippen LogP contribution in [0.1, 0.15) is 29.8 Å². The molecule has 7 nitrogen and oxygen atoms in total. The first-order valence-electron chi connectivity index (χ1n) is 7.86. The predicted molar refractivity (Wildman–Crippen MR) is 83.7 cm³/mol. The molecule has 0 aliphatic carbocycles. The van der Waals surface area contributed by atoms with Gasteiger partial charge >= 0.3 is 30.2 Å². The smallest absolute Gasteiger partial charge is 0.463 e. The lowest BCUT2D eigenvalue weighted by Gasteiger charge is -2.30. The zero-order valence-electron chi connectivity index (χ0n) is 14.9. The van der Waals surface area contributed by atoms with E-state index in [1.54, 1.807) is 0 Å². The number of benzene rings is 1. The lowest BCUT2D eigenvalue weighted by molar-refractivity contribution is -0.267. The molecule has 0 bridgehead atoms. The maximum atomic E-state index is 13.6. The molecule has 0 spiro atoms. The highest BCUT2D eigenvalue weighted by molar-refractivity contribution is 5.98. The molecule has 29 heavy (non-hydrogen) atoms. The molecule has 13 heteroatoms. The van der Waals surface area contributed by atoms with Gasteiger partial charge < -0.3 is 19.9 Å². The zero-order valence-corrected chi connectivity index (χ0v) is 14.9. The van der Waals surface area contributed by atoms with E-state index in [2.05, 4.69) is 9.47 Å². The number of anilines is 1. The number of nitrogens with one attached hydrogen (secondary N) is 1. The summed E-state index contributed by atoms with van der Waals surface area (Å²) in [6, 6.07) is 1.52. The molecule has 0 aliphatic rings. The Morgan fingerprint density at radius 2 is 1.55 bits per heavy atom. The van der Waals surface area contributed by atoms with Crippen LogP contribution in [0.15, 0.2) is 18.2 Å². The summed E-state index contributed by atoms with van der Waals surface area (Å²) in [4.78, 5) is 34.9. The van der Waals surface area contributed by atoms with E-state index in [-0.39, 0.29) is 12.7 Å². The fourth-order valence-corrected chi connectivity index (χ4v) is 2.10. The Bertz CT molecular complexity index is 791. The maximum Gasteiger partial charge on any atom is 0.471 e. The lowest BCUT2D eigenvalue weighted by Crippen LogP contribution is -2.51. The van der Waals surface area contributed by atoms with E-state index in [1.165, 1.54) is 6.92 Å². The van der Waals surface area contributed by atoms with E-state index >= 15 is 0 Å². The van der Waals surface area contributed by atoms with Crippen molar-refractivity contribution in [2.24, 2.45) is 0 Å². The molecule has 1 rings (SSSR count). The number of carbonyl (C=O) groups is 3. The number of hydrogen-bond acceptors (Lipinski definition) is 6. The number of esters is 2. The van der Waals surface area contributed by atoms with Gasteiger partial charge in [0.1, 0.15) is 0 Å². The van der Waals surface area contributed by atoms with E-state index in [9.17, 15) is 45.8 Å². The average Bonchev–Trinajstić information content (AvgIpc) is 2.59. The molecule has 0 saturated carbocycles. The van der Waals surface area contributed by atoms with Crippen molar-refractivity contribution in [1.29, 1.82) is 0 Å². The summed E-state index contributed by atoms with van der Waals surface area (Å²) >= 11 is 0. The first kappa shape index (κ1) is 24.2. The molecule has 1 atom stereocenters. The van der Waals surface area contributed by atoms with Gasteiger partial charge in [-0.05, 0) is 32.0 Å². The van der Waals surface area contributed by atoms with Crippen molar-refractivity contribution < 1.29 is 55.3 Å². The number of ether oxygens (including phenoxy) is 2. The standard InChI is InChI=1S/C16H15F6NO6/c1-3-28-11(24)8-5-6-10(23-12(25)15(17,18)19)9(7-8)14(27,16(20,21)22)13(26)29-4-2/h5-7,27H,3-4H2,1-2H3,(H,23,25). The van der Waals surface area contributed by atoms with Gasteiger partial charge in [0.05, 0.1) is 18.8 Å². The summed E-state index contributed by atoms with van der Waals surface area (Å²) in [6.07, 6.45) is -11.3. The Kier molecular flexibility index (Phi) is 7.24. The third-order valence-electron chi connectivity index (χ3n) is 3.41. The largest absolute Gasteiger partial charge is 0.471 e. The highest BCUT2D eigenvalue weighted by Crippen LogP contribution is 2.43. The molecule has 0 radical (unpaired) electrons. The van der Waals surface area contributed by atoms with Crippen LogP contribution in [0, 0.1) is 0 Å². The molecule has 1 aromatic rings. The maximum absolute atomic E-state index is 13.6. The summed E-state index contributed by atoms with van der Waals surface area (Å²) in [5.41, 5.74) is -7.88. The van der Waals surface area contributed by atoms with Crippen LogP contribution in [0.25, 0.3) is 0 Å². The summed E-state index contributed by atoms with van der Waals surface area (Å²) < 4.78 is 87.1. The highest BCUT2D eigenvalue weighted by atomic mass is 19.4. The van der Waals surface area contributed by atoms with Gasteiger partial charge in [-0.1, -0.05) is 0 Å². The van der Waals surface area contributed by atoms with Crippen molar-refractivity contribution >= 4 is 23.5 Å². The normalized spacial score (nSPS) is 14.0. The second kappa shape index (κ2) is 8.68. The Hall–Kier alpha value is -2.83. The average molecular weight is 431 g/mol. The fourth-order valence-electron chi connectivity index (χ4n) is 2.10. The number of hydrogen-bond donors (Lipinski definition) is 2. The summed E-state index contributed by atoms with van der Waals surface area (Å²) in [5.74, 6) is -6.12. The molecule has 1 aromatic carbocycles. The molecule has 162 valence electrons. The molecule has 0 aromatic heterocycles. The van der Waals surface area contributed by atoms with Crippen molar-refractivity contribution in [3.8, 4) is 0 Å². The number of halogens is 6. The van der Waals surface area contributed by atoms with Gasteiger partial charge in [0.15, 0.2) is 0 Å². The number of aliphatic hydroxyl groups is 1. The molecule has 0 saturated heterocycles. The number of carbonyl (C=O) groups excluding carboxylic acids is 3. The first-order valence-corrected chi connectivity index (χ1v) is 7.86. The minimum atomic E-state index is -5.79. The second-order valence-corrected chi connectivity index (χ2v) is 5.36. The number of rotatable bonds is 6. The molecule has 0 aliphatic heterocycles. The fraction of sp³-hybridized carbons (Fsp3) is 0.438. The van der Waals surface area contributed by atoms with Gasteiger partial charge in [-0.3, -0.25) is 4.79 Å². The van der Waals surface area contributed by atoms with E-state index in [0.717, 1.165) is 18.3 Å². The van der Waals surface area contributed by atoms with Crippen molar-refractivity contribution in [2.75, 3.05) is 18.5 Å². The molecule has 1 amide bonds. The monoisotopic (exact) mass is 431 g/mol. The molecule has 0 fully saturated rings. The Morgan fingerprint density at radius 3 is 2.00 bits per heavy atom. The van der Waals surface area contributed by atoms with E-state index in [4.69, 9.17) is 0 Å².